The second-order valence-corrected chi connectivity index (χ2v) is 10.9. The van der Waals surface area contributed by atoms with Gasteiger partial charge in [-0.2, -0.15) is 0 Å². The first-order valence-corrected chi connectivity index (χ1v) is 12.9. The number of rotatable bonds is 9. The van der Waals surface area contributed by atoms with Gasteiger partial charge in [0, 0.05) is 29.9 Å². The average Bonchev–Trinajstić information content (AvgIpc) is 2.76. The van der Waals surface area contributed by atoms with Crippen LogP contribution in [0.4, 0.5) is 4.39 Å². The lowest BCUT2D eigenvalue weighted by molar-refractivity contribution is 0.365. The van der Waals surface area contributed by atoms with Crippen molar-refractivity contribution in [1.29, 1.82) is 0 Å². The van der Waals surface area contributed by atoms with Crippen LogP contribution in [0.15, 0.2) is 75.3 Å². The topological polar surface area (TPSA) is 50.4 Å². The van der Waals surface area contributed by atoms with E-state index in [9.17, 15) is 0 Å². The Morgan fingerprint density at radius 3 is 2.55 bits per heavy atom. The predicted octanol–water partition coefficient (Wildman–Crippen LogP) is 7.59. The van der Waals surface area contributed by atoms with E-state index in [1.54, 1.807) is 12.4 Å². The molecule has 0 aromatic carbocycles. The van der Waals surface area contributed by atoms with Crippen LogP contribution < -0.4 is 11.1 Å². The highest BCUT2D eigenvalue weighted by Crippen LogP contribution is 2.45. The third-order valence-corrected chi connectivity index (χ3v) is 7.49. The lowest BCUT2D eigenvalue weighted by atomic mass is 9.77. The van der Waals surface area contributed by atoms with Crippen LogP contribution in [0.5, 0.6) is 0 Å². The summed E-state index contributed by atoms with van der Waals surface area (Å²) in [5.74, 6) is 2.07. The third kappa shape index (κ3) is 7.40. The first-order chi connectivity index (χ1) is 15.5. The summed E-state index contributed by atoms with van der Waals surface area (Å²) in [5, 5.41) is 3.26. The highest BCUT2D eigenvalue weighted by atomic mass is 31.1. The van der Waals surface area contributed by atoms with Gasteiger partial charge in [0.1, 0.15) is 5.84 Å². The molecule has 0 aromatic rings. The van der Waals surface area contributed by atoms with E-state index in [0.29, 0.717) is 11.8 Å². The smallest absolute Gasteiger partial charge is 0.151 e. The molecule has 1 heterocycles. The van der Waals surface area contributed by atoms with Crippen LogP contribution in [-0.2, 0) is 0 Å². The molecule has 0 radical (unpaired) electrons. The summed E-state index contributed by atoms with van der Waals surface area (Å²) < 4.78 is 15.3. The number of hydrogen-bond acceptors (Lipinski definition) is 2. The first-order valence-electron chi connectivity index (χ1n) is 11.9. The second-order valence-electron chi connectivity index (χ2n) is 9.81. The second kappa shape index (κ2) is 12.3. The number of hydrogen-bond donors (Lipinski definition) is 2. The van der Waals surface area contributed by atoms with Gasteiger partial charge in [-0.05, 0) is 69.8 Å². The summed E-state index contributed by atoms with van der Waals surface area (Å²) in [7, 11) is 0.738. The zero-order valence-corrected chi connectivity index (χ0v) is 22.3. The van der Waals surface area contributed by atoms with E-state index >= 15 is 4.39 Å². The minimum absolute atomic E-state index is 0.0632. The zero-order valence-electron chi connectivity index (χ0n) is 21.4. The molecule has 3 atom stereocenters. The highest BCUT2D eigenvalue weighted by molar-refractivity contribution is 7.39. The van der Waals surface area contributed by atoms with E-state index in [1.807, 2.05) is 20.8 Å². The van der Waals surface area contributed by atoms with E-state index in [2.05, 4.69) is 62.5 Å². The van der Waals surface area contributed by atoms with Gasteiger partial charge in [0.15, 0.2) is 5.91 Å². The van der Waals surface area contributed by atoms with Crippen LogP contribution in [0.1, 0.15) is 67.7 Å². The molecule has 33 heavy (non-hydrogen) atoms. The third-order valence-electron chi connectivity index (χ3n) is 6.48. The number of allylic oxidation sites excluding steroid dienone is 7. The Hall–Kier alpha value is -2.19. The molecule has 5 heteroatoms. The molecular formula is C28H41FN3P. The van der Waals surface area contributed by atoms with Crippen molar-refractivity contribution in [3.05, 3.63) is 70.3 Å². The van der Waals surface area contributed by atoms with E-state index < -0.39 is 5.91 Å². The van der Waals surface area contributed by atoms with Gasteiger partial charge in [-0.3, -0.25) is 0 Å². The zero-order chi connectivity index (χ0) is 24.7. The number of alkyl halides is 1. The fourth-order valence-electron chi connectivity index (χ4n) is 4.09. The van der Waals surface area contributed by atoms with Crippen LogP contribution in [0.25, 0.3) is 0 Å². The average molecular weight is 470 g/mol. The SMILES string of the molecule is C=C(N/C=C\N=C(N)C(C)=C(C)C)C(C)C1=C(CC(C)C)C(C2=CC=C(C)CC2)C(F)P=C1. The highest BCUT2D eigenvalue weighted by Gasteiger charge is 2.34. The molecule has 3 nitrogen and oxygen atoms in total. The van der Waals surface area contributed by atoms with Gasteiger partial charge in [0.05, 0.1) is 0 Å². The maximum Gasteiger partial charge on any atom is 0.151 e. The van der Waals surface area contributed by atoms with Crippen molar-refractivity contribution in [2.45, 2.75) is 73.6 Å². The van der Waals surface area contributed by atoms with Gasteiger partial charge in [-0.1, -0.05) is 70.0 Å². The van der Waals surface area contributed by atoms with Crippen LogP contribution in [-0.4, -0.2) is 17.5 Å². The van der Waals surface area contributed by atoms with Gasteiger partial charge in [0.25, 0.3) is 0 Å². The van der Waals surface area contributed by atoms with Gasteiger partial charge < -0.3 is 11.1 Å². The molecule has 0 spiro atoms. The summed E-state index contributed by atoms with van der Waals surface area (Å²) in [4.78, 5) is 4.30. The molecule has 0 saturated heterocycles. The Labute approximate surface area is 202 Å². The van der Waals surface area contributed by atoms with Crippen molar-refractivity contribution in [1.82, 2.24) is 5.32 Å². The number of nitrogens with zero attached hydrogens (tertiary/aromatic N) is 1. The van der Waals surface area contributed by atoms with E-state index in [0.717, 1.165) is 44.3 Å². The molecule has 1 aliphatic carbocycles. The van der Waals surface area contributed by atoms with E-state index in [1.165, 1.54) is 22.3 Å². The van der Waals surface area contributed by atoms with Crippen molar-refractivity contribution >= 4 is 19.8 Å². The molecule has 0 aromatic heterocycles. The summed E-state index contributed by atoms with van der Waals surface area (Å²) >= 11 is 0. The van der Waals surface area contributed by atoms with Crippen LogP contribution in [0, 0.1) is 17.8 Å². The Kier molecular flexibility index (Phi) is 10.1. The molecule has 0 saturated carbocycles. The minimum atomic E-state index is -0.885. The molecule has 1 aliphatic heterocycles. The normalized spacial score (nSPS) is 22.9. The van der Waals surface area contributed by atoms with Crippen molar-refractivity contribution in [2.24, 2.45) is 28.5 Å². The fourth-order valence-corrected chi connectivity index (χ4v) is 5.32. The number of aliphatic imine (C=N–C) groups is 1. The Bertz CT molecular complexity index is 956. The number of amidine groups is 1. The number of nitrogens with two attached hydrogens (primary N) is 1. The van der Waals surface area contributed by atoms with E-state index in [4.69, 9.17) is 5.73 Å². The van der Waals surface area contributed by atoms with Gasteiger partial charge >= 0.3 is 0 Å². The summed E-state index contributed by atoms with van der Waals surface area (Å²) in [6.07, 6.45) is 10.6. The first kappa shape index (κ1) is 27.1. The predicted molar refractivity (Wildman–Crippen MR) is 145 cm³/mol. The maximum absolute atomic E-state index is 15.3. The van der Waals surface area contributed by atoms with Gasteiger partial charge in [-0.15, -0.1) is 0 Å². The maximum atomic E-state index is 15.3. The summed E-state index contributed by atoms with van der Waals surface area (Å²) in [6, 6.07) is 0. The lowest BCUT2D eigenvalue weighted by Crippen LogP contribution is -2.26. The van der Waals surface area contributed by atoms with Crippen molar-refractivity contribution in [3.63, 3.8) is 0 Å². The van der Waals surface area contributed by atoms with Crippen molar-refractivity contribution in [2.75, 3.05) is 0 Å². The van der Waals surface area contributed by atoms with E-state index in [-0.39, 0.29) is 11.8 Å². The molecule has 0 bridgehead atoms. The van der Waals surface area contributed by atoms with Crippen molar-refractivity contribution < 1.29 is 4.39 Å². The molecule has 0 amide bonds. The van der Waals surface area contributed by atoms with Crippen LogP contribution in [0.2, 0.25) is 0 Å². The molecule has 3 unspecified atom stereocenters. The standard InChI is InChI=1S/C28H41FN3P/c1-17(2)15-24-25(16-33-27(29)26(24)23-11-9-19(5)10-12-23)21(7)22(8)31-13-14-32-28(30)20(6)18(3)4/h9,11,13-14,16-17,21,26-27,31H,8,10,12,15H2,1-7H3,(H2,30,32)/b14-13-. The van der Waals surface area contributed by atoms with Gasteiger partial charge in [-0.25, -0.2) is 9.38 Å². The van der Waals surface area contributed by atoms with Crippen LogP contribution >= 0.6 is 8.20 Å². The lowest BCUT2D eigenvalue weighted by Gasteiger charge is -2.34. The molecule has 2 rings (SSSR count). The molecule has 0 fully saturated rings. The molecule has 180 valence electrons. The molecular weight excluding hydrogens is 428 g/mol. The monoisotopic (exact) mass is 469 g/mol. The summed E-state index contributed by atoms with van der Waals surface area (Å²) in [6.45, 7) is 19.0. The number of nitrogens with one attached hydrogen (secondary N) is 1. The molecule has 2 aliphatic rings. The van der Waals surface area contributed by atoms with Crippen LogP contribution in [0.3, 0.4) is 0 Å². The Morgan fingerprint density at radius 2 is 1.97 bits per heavy atom. The fraction of sp³-hybridized carbons (Fsp3) is 0.500. The largest absolute Gasteiger partial charge is 0.383 e. The minimum Gasteiger partial charge on any atom is -0.383 e. The quantitative estimate of drug-likeness (QED) is 0.208. The molecule has 3 N–H and O–H groups in total. The Balaban J connectivity index is 2.28. The van der Waals surface area contributed by atoms with Gasteiger partial charge in [0.2, 0.25) is 0 Å². The Morgan fingerprint density at radius 1 is 1.27 bits per heavy atom. The summed E-state index contributed by atoms with van der Waals surface area (Å²) in [5.41, 5.74) is 14.1. The van der Waals surface area contributed by atoms with Crippen molar-refractivity contribution in [3.8, 4) is 0 Å². The number of halogens is 1.